The number of methoxy groups -OCH3 is 1. The maximum Gasteiger partial charge on any atom is 0.292 e. The minimum absolute atomic E-state index is 0.0886. The van der Waals surface area contributed by atoms with E-state index in [1.54, 1.807) is 36.4 Å². The van der Waals surface area contributed by atoms with E-state index in [2.05, 4.69) is 37.3 Å². The number of carbonyl (C=O) groups is 2. The minimum atomic E-state index is -4.65. The third-order valence-corrected chi connectivity index (χ3v) is 11.8. The van der Waals surface area contributed by atoms with E-state index in [1.807, 2.05) is 56.5 Å². The van der Waals surface area contributed by atoms with Crippen LogP contribution in [-0.4, -0.2) is 67.0 Å². The quantitative estimate of drug-likeness (QED) is 0.126. The molecule has 4 aromatic rings. The topological polar surface area (TPSA) is 123 Å². The summed E-state index contributed by atoms with van der Waals surface area (Å²) in [7, 11) is -3.11. The third kappa shape index (κ3) is 7.04. The number of nitrogens with zero attached hydrogens (tertiary/aromatic N) is 2. The summed E-state index contributed by atoms with van der Waals surface area (Å²) in [5, 5.41) is 0. The molecule has 0 aromatic heterocycles. The average Bonchev–Trinajstić information content (AvgIpc) is 3.76. The molecule has 0 spiro atoms. The molecule has 0 saturated carbocycles. The summed E-state index contributed by atoms with van der Waals surface area (Å²) < 4.78 is 53.7. The van der Waals surface area contributed by atoms with E-state index in [0.717, 1.165) is 39.8 Å². The Balaban J connectivity index is 0.947. The Labute approximate surface area is 326 Å². The van der Waals surface area contributed by atoms with Crippen LogP contribution >= 0.6 is 0 Å². The summed E-state index contributed by atoms with van der Waals surface area (Å²) in [6.45, 7) is 6.40. The van der Waals surface area contributed by atoms with Crippen molar-refractivity contribution in [2.24, 2.45) is 0 Å². The normalized spacial score (nSPS) is 18.6. The molecule has 1 N–H and O–H groups in total. The molecule has 4 aliphatic heterocycles. The zero-order chi connectivity index (χ0) is 39.3. The number of hydrogen-bond donors (Lipinski definition) is 1. The van der Waals surface area contributed by atoms with Crippen LogP contribution in [0.25, 0.3) is 23.3 Å². The summed E-state index contributed by atoms with van der Waals surface area (Å²) >= 11 is 0. The molecule has 2 atom stereocenters. The number of aryl methyl sites for hydroxylation is 3. The summed E-state index contributed by atoms with van der Waals surface area (Å²) in [4.78, 5) is 30.6. The Morgan fingerprint density at radius 3 is 1.93 bits per heavy atom. The van der Waals surface area contributed by atoms with Gasteiger partial charge in [-0.3, -0.25) is 14.1 Å². The molecule has 4 heterocycles. The van der Waals surface area contributed by atoms with Crippen LogP contribution in [0, 0.1) is 20.8 Å². The van der Waals surface area contributed by atoms with E-state index < -0.39 is 16.2 Å². The highest BCUT2D eigenvalue weighted by atomic mass is 32.2. The van der Waals surface area contributed by atoms with E-state index in [9.17, 15) is 22.6 Å². The van der Waals surface area contributed by atoms with Crippen molar-refractivity contribution in [1.29, 1.82) is 0 Å². The largest absolute Gasteiger partial charge is 0.493 e. The highest BCUT2D eigenvalue weighted by Crippen LogP contribution is 2.41. The highest BCUT2D eigenvalue weighted by molar-refractivity contribution is 7.90. The fourth-order valence-electron chi connectivity index (χ4n) is 7.73. The van der Waals surface area contributed by atoms with Gasteiger partial charge in [0.25, 0.3) is 21.9 Å². The van der Waals surface area contributed by atoms with Crippen LogP contribution in [0.4, 0.5) is 0 Å². The molecule has 4 aliphatic rings. The van der Waals surface area contributed by atoms with Crippen LogP contribution in [0.3, 0.4) is 0 Å². The first kappa shape index (κ1) is 37.0. The summed E-state index contributed by atoms with van der Waals surface area (Å²) in [5.74, 6) is 0.966. The third-order valence-electron chi connectivity index (χ3n) is 10.8. The lowest BCUT2D eigenvalue weighted by molar-refractivity contribution is 0.0798. The Morgan fingerprint density at radius 2 is 1.29 bits per heavy atom. The maximum atomic E-state index is 13.9. The molecular formula is C45H42N2O8S. The van der Waals surface area contributed by atoms with Crippen LogP contribution < -0.4 is 14.2 Å². The van der Waals surface area contributed by atoms with Gasteiger partial charge in [0.15, 0.2) is 11.5 Å². The lowest BCUT2D eigenvalue weighted by Crippen LogP contribution is -2.35. The van der Waals surface area contributed by atoms with Crippen molar-refractivity contribution in [2.75, 3.05) is 20.3 Å². The molecule has 8 rings (SSSR count). The lowest BCUT2D eigenvalue weighted by Gasteiger charge is -2.22. The van der Waals surface area contributed by atoms with Crippen molar-refractivity contribution in [1.82, 2.24) is 9.80 Å². The van der Waals surface area contributed by atoms with Gasteiger partial charge in [-0.2, -0.15) is 8.42 Å². The summed E-state index contributed by atoms with van der Waals surface area (Å²) in [5.41, 5.74) is 8.82. The number of ether oxygens (including phenoxy) is 3. The van der Waals surface area contributed by atoms with Gasteiger partial charge < -0.3 is 24.0 Å². The fraction of sp³-hybridized carbons (Fsp3) is 0.244. The highest BCUT2D eigenvalue weighted by Gasteiger charge is 2.40. The molecule has 0 bridgehead atoms. The smallest absolute Gasteiger partial charge is 0.292 e. The standard InChI is InChI=1S/C45H42N2O8S/c1-27-6-10-30(11-7-27)34-19-36-15-14-32-21-42(41(53-4)24-38(32)44(48)46(36)25-34)55-17-5-16-54-40-22-33-23-43(56(50,51)52)39-20-35(31-12-8-28(2)9-13-31)26-47(39)45(49)37(33)18-29(40)3/h6-15,18,21-26,36,39H,5,16-17,19-20H2,1-4H3,(H,50,51,52)/t36-,39+/m1/s1. The fourth-order valence-corrected chi connectivity index (χ4v) is 8.55. The first-order chi connectivity index (χ1) is 26.9. The lowest BCUT2D eigenvalue weighted by atomic mass is 10.00. The van der Waals surface area contributed by atoms with E-state index in [-0.39, 0.29) is 42.4 Å². The number of benzene rings is 4. The molecule has 0 radical (unpaired) electrons. The van der Waals surface area contributed by atoms with Gasteiger partial charge in [-0.1, -0.05) is 71.8 Å². The SMILES string of the molecule is COc1cc2c(cc1OCCCOc1cc3c(cc1C)C(=O)N1C=C(c4ccc(C)cc4)C[C@H]1C(S(=O)(=O)O)=C3)C=C[C@@H]1CC(c3ccc(C)cc3)=CN1C2=O. The maximum absolute atomic E-state index is 13.9. The van der Waals surface area contributed by atoms with Crippen LogP contribution in [0.2, 0.25) is 0 Å². The molecule has 4 aromatic carbocycles. The Morgan fingerprint density at radius 1 is 0.714 bits per heavy atom. The van der Waals surface area contributed by atoms with Gasteiger partial charge in [-0.25, -0.2) is 0 Å². The number of amides is 2. The van der Waals surface area contributed by atoms with Crippen LogP contribution in [0.15, 0.2) is 96.2 Å². The average molecular weight is 771 g/mol. The number of rotatable bonds is 10. The van der Waals surface area contributed by atoms with Gasteiger partial charge >= 0.3 is 0 Å². The zero-order valence-corrected chi connectivity index (χ0v) is 32.4. The summed E-state index contributed by atoms with van der Waals surface area (Å²) in [6, 6.07) is 22.1. The predicted octanol–water partition coefficient (Wildman–Crippen LogP) is 8.25. The molecule has 0 fully saturated rings. The molecular weight excluding hydrogens is 729 g/mol. The van der Waals surface area contributed by atoms with Crippen molar-refractivity contribution in [3.63, 3.8) is 0 Å². The molecule has 0 unspecified atom stereocenters. The molecule has 56 heavy (non-hydrogen) atoms. The molecule has 286 valence electrons. The number of carbonyl (C=O) groups excluding carboxylic acids is 2. The van der Waals surface area contributed by atoms with Gasteiger partial charge in [0, 0.05) is 30.8 Å². The van der Waals surface area contributed by atoms with Crippen molar-refractivity contribution in [3.05, 3.63) is 146 Å². The van der Waals surface area contributed by atoms with Crippen LogP contribution in [-0.2, 0) is 10.1 Å². The van der Waals surface area contributed by atoms with Crippen LogP contribution in [0.1, 0.15) is 78.9 Å². The van der Waals surface area contributed by atoms with E-state index in [0.29, 0.717) is 45.9 Å². The van der Waals surface area contributed by atoms with E-state index >= 15 is 0 Å². The van der Waals surface area contributed by atoms with Gasteiger partial charge in [0.1, 0.15) is 5.75 Å². The van der Waals surface area contributed by atoms with Crippen LogP contribution in [0.5, 0.6) is 17.2 Å². The predicted molar refractivity (Wildman–Crippen MR) is 216 cm³/mol. The van der Waals surface area contributed by atoms with Gasteiger partial charge in [0.2, 0.25) is 0 Å². The van der Waals surface area contributed by atoms with Crippen molar-refractivity contribution in [3.8, 4) is 17.2 Å². The first-order valence-electron chi connectivity index (χ1n) is 18.6. The number of hydrogen-bond acceptors (Lipinski definition) is 7. The monoisotopic (exact) mass is 770 g/mol. The Hall–Kier alpha value is -5.91. The van der Waals surface area contributed by atoms with E-state index in [1.165, 1.54) is 16.5 Å². The first-order valence-corrected chi connectivity index (χ1v) is 20.0. The second-order valence-corrected chi connectivity index (χ2v) is 16.1. The Bertz CT molecular complexity index is 2500. The minimum Gasteiger partial charge on any atom is -0.493 e. The number of fused-ring (bicyclic) bond motifs is 4. The summed E-state index contributed by atoms with van der Waals surface area (Å²) in [6.07, 6.45) is 10.5. The van der Waals surface area contributed by atoms with Gasteiger partial charge in [-0.15, -0.1) is 0 Å². The van der Waals surface area contributed by atoms with Gasteiger partial charge in [0.05, 0.1) is 42.9 Å². The van der Waals surface area contributed by atoms with Crippen molar-refractivity contribution < 1.29 is 36.8 Å². The van der Waals surface area contributed by atoms with Crippen molar-refractivity contribution in [2.45, 2.75) is 52.1 Å². The van der Waals surface area contributed by atoms with Gasteiger partial charge in [-0.05, 0) is 96.5 Å². The van der Waals surface area contributed by atoms with E-state index in [4.69, 9.17) is 14.2 Å². The Kier molecular flexibility index (Phi) is 9.68. The van der Waals surface area contributed by atoms with Crippen molar-refractivity contribution >= 4 is 45.2 Å². The second kappa shape index (κ2) is 14.6. The molecule has 10 nitrogen and oxygen atoms in total. The molecule has 0 aliphatic carbocycles. The zero-order valence-electron chi connectivity index (χ0n) is 31.6. The molecule has 11 heteroatoms. The molecule has 2 amide bonds. The molecule has 0 saturated heterocycles. The second-order valence-electron chi connectivity index (χ2n) is 14.7.